The van der Waals surface area contributed by atoms with Gasteiger partial charge in [-0.25, -0.2) is 10.2 Å². The number of likely N-dealkylation sites (tertiary alicyclic amines) is 1. The number of aliphatic hydroxyl groups excluding tert-OH is 1. The number of aromatic nitrogens is 8. The lowest BCUT2D eigenvalue weighted by atomic mass is 9.86. The molecule has 0 spiro atoms. The van der Waals surface area contributed by atoms with Gasteiger partial charge in [0.05, 0.1) is 6.10 Å². The van der Waals surface area contributed by atoms with E-state index in [1.54, 1.807) is 12.0 Å². The Balaban J connectivity index is 1.76. The van der Waals surface area contributed by atoms with Gasteiger partial charge in [0.15, 0.2) is 11.6 Å². The van der Waals surface area contributed by atoms with Crippen molar-refractivity contribution < 1.29 is 24.5 Å². The number of carboxylic acid groups (broad SMARTS) is 1. The van der Waals surface area contributed by atoms with E-state index in [4.69, 9.17) is 4.74 Å². The minimum absolute atomic E-state index is 0.0102. The van der Waals surface area contributed by atoms with E-state index >= 15 is 0 Å². The molecule has 1 fully saturated rings. The number of amides is 1. The van der Waals surface area contributed by atoms with Crippen LogP contribution in [0.4, 0.5) is 0 Å². The molecular weight excluding hydrogens is 410 g/mol. The van der Waals surface area contributed by atoms with Crippen LogP contribution in [0.2, 0.25) is 0 Å². The molecule has 4 N–H and O–H groups in total. The molecule has 1 amide bonds. The van der Waals surface area contributed by atoms with E-state index in [9.17, 15) is 19.8 Å². The number of aliphatic carboxylic acids is 1. The maximum absolute atomic E-state index is 13.5. The predicted molar refractivity (Wildman–Crippen MR) is 103 cm³/mol. The number of nitrogens with zero attached hydrogens (tertiary/aromatic N) is 7. The Kier molecular flexibility index (Phi) is 7.94. The zero-order valence-electron chi connectivity index (χ0n) is 17.2. The average molecular weight is 437 g/mol. The summed E-state index contributed by atoms with van der Waals surface area (Å²) in [4.78, 5) is 27.1. The third-order valence-corrected chi connectivity index (χ3v) is 5.59. The smallest absolute Gasteiger partial charge is 0.315 e. The molecule has 1 aliphatic rings. The second-order valence-corrected chi connectivity index (χ2v) is 7.61. The Bertz CT molecular complexity index is 816. The fourth-order valence-electron chi connectivity index (χ4n) is 3.99. The number of rotatable bonds is 11. The minimum atomic E-state index is -1.41. The Morgan fingerprint density at radius 3 is 2.42 bits per heavy atom. The van der Waals surface area contributed by atoms with Gasteiger partial charge in [-0.05, 0) is 53.0 Å². The van der Waals surface area contributed by atoms with Gasteiger partial charge in [0.1, 0.15) is 11.8 Å². The van der Waals surface area contributed by atoms with Crippen molar-refractivity contribution in [2.24, 2.45) is 5.92 Å². The quantitative estimate of drug-likeness (QED) is 0.317. The summed E-state index contributed by atoms with van der Waals surface area (Å²) in [5.41, 5.74) is 0. The van der Waals surface area contributed by atoms with Crippen LogP contribution in [0.1, 0.15) is 55.6 Å². The molecule has 14 nitrogen and oxygen atoms in total. The lowest BCUT2D eigenvalue weighted by Gasteiger charge is -2.37. The summed E-state index contributed by atoms with van der Waals surface area (Å²) >= 11 is 0. The van der Waals surface area contributed by atoms with Gasteiger partial charge in [-0.3, -0.25) is 9.59 Å². The molecule has 3 unspecified atom stereocenters. The topological polar surface area (TPSA) is 196 Å². The zero-order valence-corrected chi connectivity index (χ0v) is 17.2. The first kappa shape index (κ1) is 22.7. The number of carbonyl (C=O) groups excluding carboxylic acids is 1. The number of nitrogens with one attached hydrogen (secondary N) is 2. The molecule has 1 aliphatic heterocycles. The molecule has 4 atom stereocenters. The number of tetrazole rings is 2. The van der Waals surface area contributed by atoms with E-state index in [2.05, 4.69) is 41.2 Å². The van der Waals surface area contributed by atoms with Crippen LogP contribution in [0.3, 0.4) is 0 Å². The van der Waals surface area contributed by atoms with Gasteiger partial charge in [-0.15, -0.1) is 10.2 Å². The first-order valence-electron chi connectivity index (χ1n) is 10.2. The second kappa shape index (κ2) is 10.9. The van der Waals surface area contributed by atoms with Gasteiger partial charge in [0.2, 0.25) is 5.91 Å². The van der Waals surface area contributed by atoms with Gasteiger partial charge in [0, 0.05) is 32.7 Å². The summed E-state index contributed by atoms with van der Waals surface area (Å²) < 4.78 is 5.03. The number of aromatic amines is 2. The largest absolute Gasteiger partial charge is 0.481 e. The number of hydrogen-bond donors (Lipinski definition) is 4. The number of methoxy groups -OCH3 is 1. The highest BCUT2D eigenvalue weighted by atomic mass is 16.5. The van der Waals surface area contributed by atoms with Gasteiger partial charge in [-0.2, -0.15) is 0 Å². The molecule has 14 heteroatoms. The molecule has 0 radical (unpaired) electrons. The van der Waals surface area contributed by atoms with Crippen LogP contribution in [0.15, 0.2) is 0 Å². The van der Waals surface area contributed by atoms with E-state index in [0.29, 0.717) is 32.5 Å². The van der Waals surface area contributed by atoms with Crippen molar-refractivity contribution in [2.75, 3.05) is 26.8 Å². The van der Waals surface area contributed by atoms with E-state index < -0.39 is 29.8 Å². The Morgan fingerprint density at radius 1 is 1.16 bits per heavy atom. The van der Waals surface area contributed by atoms with E-state index in [-0.39, 0.29) is 17.6 Å². The highest BCUT2D eigenvalue weighted by molar-refractivity contribution is 5.90. The fraction of sp³-hybridized carbons (Fsp3) is 0.765. The molecule has 0 aliphatic carbocycles. The van der Waals surface area contributed by atoms with Crippen molar-refractivity contribution in [3.8, 4) is 0 Å². The lowest BCUT2D eigenvalue weighted by molar-refractivity contribution is -0.145. The maximum atomic E-state index is 13.5. The van der Waals surface area contributed by atoms with Crippen molar-refractivity contribution in [2.45, 2.75) is 50.0 Å². The molecule has 0 aromatic carbocycles. The molecule has 1 saturated heterocycles. The molecule has 0 bridgehead atoms. The van der Waals surface area contributed by atoms with Crippen molar-refractivity contribution >= 4 is 11.9 Å². The van der Waals surface area contributed by atoms with Crippen molar-refractivity contribution in [1.82, 2.24) is 46.1 Å². The zero-order chi connectivity index (χ0) is 22.2. The lowest BCUT2D eigenvalue weighted by Crippen LogP contribution is -2.47. The van der Waals surface area contributed by atoms with Crippen LogP contribution in [0, 0.1) is 5.92 Å². The number of H-pyrrole nitrogens is 2. The highest BCUT2D eigenvalue weighted by Crippen LogP contribution is 2.33. The SMILES string of the molecule is COCCCCC(O)[C@@H]1CCCN(C(=O)C(c2nnn[nH]2)C(C(=O)O)c2nnn[nH]2)C1. The molecule has 3 rings (SSSR count). The van der Waals surface area contributed by atoms with E-state index in [1.165, 1.54) is 0 Å². The van der Waals surface area contributed by atoms with Crippen LogP contribution in [-0.4, -0.2) is 101 Å². The summed E-state index contributed by atoms with van der Waals surface area (Å²) in [6.45, 7) is 1.41. The summed E-state index contributed by atoms with van der Waals surface area (Å²) in [6.07, 6.45) is 3.24. The summed E-state index contributed by atoms with van der Waals surface area (Å²) in [7, 11) is 1.64. The predicted octanol–water partition coefficient (Wildman–Crippen LogP) is -0.919. The van der Waals surface area contributed by atoms with Gasteiger partial charge < -0.3 is 19.8 Å². The third kappa shape index (κ3) is 5.58. The molecule has 170 valence electrons. The Hall–Kier alpha value is -3.00. The van der Waals surface area contributed by atoms with Crippen LogP contribution >= 0.6 is 0 Å². The fourth-order valence-corrected chi connectivity index (χ4v) is 3.99. The third-order valence-electron chi connectivity index (χ3n) is 5.59. The molecule has 31 heavy (non-hydrogen) atoms. The summed E-state index contributed by atoms with van der Waals surface area (Å²) in [5.74, 6) is -4.57. The van der Waals surface area contributed by atoms with Crippen molar-refractivity contribution in [3.63, 3.8) is 0 Å². The van der Waals surface area contributed by atoms with E-state index in [1.807, 2.05) is 0 Å². The number of carboxylic acids is 1. The van der Waals surface area contributed by atoms with E-state index in [0.717, 1.165) is 19.3 Å². The number of unbranched alkanes of at least 4 members (excludes halogenated alkanes) is 1. The van der Waals surface area contributed by atoms with Crippen LogP contribution in [-0.2, 0) is 14.3 Å². The molecule has 0 saturated carbocycles. The monoisotopic (exact) mass is 437 g/mol. The van der Waals surface area contributed by atoms with Crippen molar-refractivity contribution in [1.29, 1.82) is 0 Å². The number of hydrogen-bond acceptors (Lipinski definition) is 10. The maximum Gasteiger partial charge on any atom is 0.315 e. The van der Waals surface area contributed by atoms with Crippen LogP contribution in [0.25, 0.3) is 0 Å². The Morgan fingerprint density at radius 2 is 1.84 bits per heavy atom. The molecular formula is C17H27N9O5. The summed E-state index contributed by atoms with van der Waals surface area (Å²) in [6, 6.07) is 0. The number of piperidine rings is 1. The number of aliphatic hydroxyl groups is 1. The van der Waals surface area contributed by atoms with Crippen LogP contribution < -0.4 is 0 Å². The number of carbonyl (C=O) groups is 2. The first-order chi connectivity index (χ1) is 15.0. The standard InChI is InChI=1S/C17H27N9O5/c1-31-8-3-2-6-11(27)10-5-4-7-26(9-10)16(28)12(14-18-22-23-19-14)13(17(29)30)15-20-24-25-21-15/h10-13,27H,2-9H2,1H3,(H,29,30)(H,18,19,22,23)(H,20,21,24,25)/t10-,11?,12?,13?/m1/s1. The summed E-state index contributed by atoms with van der Waals surface area (Å²) in [5, 5.41) is 46.7. The molecule has 2 aromatic rings. The average Bonchev–Trinajstić information content (AvgIpc) is 3.48. The van der Waals surface area contributed by atoms with Gasteiger partial charge in [-0.1, -0.05) is 0 Å². The first-order valence-corrected chi connectivity index (χ1v) is 10.2. The molecule has 2 aromatic heterocycles. The second-order valence-electron chi connectivity index (χ2n) is 7.61. The number of ether oxygens (including phenoxy) is 1. The van der Waals surface area contributed by atoms with Crippen molar-refractivity contribution in [3.05, 3.63) is 11.6 Å². The van der Waals surface area contributed by atoms with Crippen LogP contribution in [0.5, 0.6) is 0 Å². The Labute approximate surface area is 177 Å². The van der Waals surface area contributed by atoms with Gasteiger partial charge in [0.25, 0.3) is 0 Å². The highest BCUT2D eigenvalue weighted by Gasteiger charge is 2.44. The van der Waals surface area contributed by atoms with Gasteiger partial charge >= 0.3 is 5.97 Å². The normalized spacial score (nSPS) is 19.7. The minimum Gasteiger partial charge on any atom is -0.481 e. The molecule has 3 heterocycles.